The Labute approximate surface area is 125 Å². The Morgan fingerprint density at radius 1 is 1.33 bits per heavy atom. The molecule has 0 saturated carbocycles. The second-order valence-electron chi connectivity index (χ2n) is 5.73. The van der Waals surface area contributed by atoms with Crippen LogP contribution in [0.4, 0.5) is 5.69 Å². The van der Waals surface area contributed by atoms with Crippen molar-refractivity contribution in [2.24, 2.45) is 0 Å². The molecule has 1 amide bonds. The van der Waals surface area contributed by atoms with Crippen molar-refractivity contribution in [1.82, 2.24) is 5.32 Å². The molecular weight excluding hydrogens is 268 g/mol. The van der Waals surface area contributed by atoms with E-state index in [2.05, 4.69) is 5.32 Å². The predicted octanol–water partition coefficient (Wildman–Crippen LogP) is 2.05. The van der Waals surface area contributed by atoms with Crippen molar-refractivity contribution >= 4 is 17.6 Å². The number of benzene rings is 1. The van der Waals surface area contributed by atoms with Crippen LogP contribution in [-0.4, -0.2) is 23.5 Å². The van der Waals surface area contributed by atoms with E-state index in [0.29, 0.717) is 11.3 Å². The van der Waals surface area contributed by atoms with Crippen LogP contribution in [0.5, 0.6) is 0 Å². The molecule has 5 nitrogen and oxygen atoms in total. The minimum absolute atomic E-state index is 0.0570. The van der Waals surface area contributed by atoms with Crippen molar-refractivity contribution in [1.29, 1.82) is 0 Å². The Hall–Kier alpha value is -2.04. The number of hydrogen-bond acceptors (Lipinski definition) is 4. The van der Waals surface area contributed by atoms with Gasteiger partial charge in [0.15, 0.2) is 6.10 Å². The monoisotopic (exact) mass is 292 g/mol. The smallest absolute Gasteiger partial charge is 0.311 e. The second-order valence-corrected chi connectivity index (χ2v) is 5.73. The van der Waals surface area contributed by atoms with Crippen molar-refractivity contribution in [3.8, 4) is 0 Å². The highest BCUT2D eigenvalue weighted by molar-refractivity contribution is 5.84. The van der Waals surface area contributed by atoms with Crippen molar-refractivity contribution in [2.45, 2.75) is 52.2 Å². The lowest BCUT2D eigenvalue weighted by atomic mass is 10.0. The molecule has 116 valence electrons. The molecule has 5 heteroatoms. The normalized spacial score (nSPS) is 12.6. The maximum Gasteiger partial charge on any atom is 0.311 e. The van der Waals surface area contributed by atoms with E-state index in [0.717, 1.165) is 6.42 Å². The summed E-state index contributed by atoms with van der Waals surface area (Å²) in [5, 5.41) is 2.85. The lowest BCUT2D eigenvalue weighted by molar-refractivity contribution is -0.154. The number of nitrogens with two attached hydrogens (primary N) is 1. The first-order valence-electron chi connectivity index (χ1n) is 7.10. The molecule has 1 aromatic rings. The standard InChI is InChI=1S/C16H24N2O3/c1-5-16(3,4)18-15(20)11(2)21-14(19)10-12-8-6-7-9-13(12)17/h6-9,11H,5,10,17H2,1-4H3,(H,18,20). The topological polar surface area (TPSA) is 81.4 Å². The van der Waals surface area contributed by atoms with Crippen LogP contribution in [0.15, 0.2) is 24.3 Å². The maximum atomic E-state index is 12.0. The van der Waals surface area contributed by atoms with E-state index < -0.39 is 12.1 Å². The highest BCUT2D eigenvalue weighted by Crippen LogP contribution is 2.12. The number of amides is 1. The van der Waals surface area contributed by atoms with Gasteiger partial charge in [-0.3, -0.25) is 9.59 Å². The number of esters is 1. The summed E-state index contributed by atoms with van der Waals surface area (Å²) in [6, 6.07) is 7.09. The average molecular weight is 292 g/mol. The van der Waals surface area contributed by atoms with Crippen LogP contribution < -0.4 is 11.1 Å². The summed E-state index contributed by atoms with van der Waals surface area (Å²) in [6.45, 7) is 7.39. The largest absolute Gasteiger partial charge is 0.452 e. The summed E-state index contributed by atoms with van der Waals surface area (Å²) >= 11 is 0. The van der Waals surface area contributed by atoms with Gasteiger partial charge in [-0.05, 0) is 38.8 Å². The number of carbonyl (C=O) groups is 2. The Bertz CT molecular complexity index is 512. The molecule has 1 unspecified atom stereocenters. The molecule has 0 bridgehead atoms. The van der Waals surface area contributed by atoms with Crippen LogP contribution in [0.2, 0.25) is 0 Å². The molecule has 0 aliphatic rings. The van der Waals surface area contributed by atoms with Crippen LogP contribution >= 0.6 is 0 Å². The fourth-order valence-corrected chi connectivity index (χ4v) is 1.67. The molecule has 0 aliphatic heterocycles. The lowest BCUT2D eigenvalue weighted by Gasteiger charge is -2.26. The SMILES string of the molecule is CCC(C)(C)NC(=O)C(C)OC(=O)Cc1ccccc1N. The van der Waals surface area contributed by atoms with Crippen molar-refractivity contribution in [2.75, 3.05) is 5.73 Å². The van der Waals surface area contributed by atoms with E-state index in [1.807, 2.05) is 20.8 Å². The van der Waals surface area contributed by atoms with Gasteiger partial charge >= 0.3 is 5.97 Å². The predicted molar refractivity (Wildman–Crippen MR) is 82.6 cm³/mol. The highest BCUT2D eigenvalue weighted by atomic mass is 16.5. The van der Waals surface area contributed by atoms with Gasteiger partial charge in [-0.25, -0.2) is 0 Å². The molecule has 1 rings (SSSR count). The van der Waals surface area contributed by atoms with Gasteiger partial charge < -0.3 is 15.8 Å². The lowest BCUT2D eigenvalue weighted by Crippen LogP contribution is -2.47. The van der Waals surface area contributed by atoms with Gasteiger partial charge in [-0.1, -0.05) is 25.1 Å². The third-order valence-electron chi connectivity index (χ3n) is 3.41. The summed E-state index contributed by atoms with van der Waals surface area (Å²) in [6.07, 6.45) is 0.0229. The number of hydrogen-bond donors (Lipinski definition) is 2. The van der Waals surface area contributed by atoms with E-state index in [1.54, 1.807) is 31.2 Å². The zero-order chi connectivity index (χ0) is 16.0. The number of nitrogens with one attached hydrogen (secondary N) is 1. The third-order valence-corrected chi connectivity index (χ3v) is 3.41. The first kappa shape index (κ1) is 17.0. The van der Waals surface area contributed by atoms with Crippen molar-refractivity contribution in [3.05, 3.63) is 29.8 Å². The minimum Gasteiger partial charge on any atom is -0.452 e. The molecule has 1 atom stereocenters. The Kier molecular flexibility index (Phi) is 5.76. The van der Waals surface area contributed by atoms with Gasteiger partial charge in [0.1, 0.15) is 0 Å². The quantitative estimate of drug-likeness (QED) is 0.621. The molecule has 0 spiro atoms. The molecule has 0 fully saturated rings. The van der Waals surface area contributed by atoms with Gasteiger partial charge in [-0.15, -0.1) is 0 Å². The van der Waals surface area contributed by atoms with Gasteiger partial charge in [0.2, 0.25) is 0 Å². The first-order valence-corrected chi connectivity index (χ1v) is 7.10. The van der Waals surface area contributed by atoms with E-state index in [-0.39, 0.29) is 17.9 Å². The Morgan fingerprint density at radius 2 is 1.95 bits per heavy atom. The molecule has 3 N–H and O–H groups in total. The molecule has 0 aromatic heterocycles. The number of para-hydroxylation sites is 1. The molecule has 21 heavy (non-hydrogen) atoms. The Balaban J connectivity index is 2.55. The zero-order valence-electron chi connectivity index (χ0n) is 13.1. The number of rotatable bonds is 6. The van der Waals surface area contributed by atoms with Crippen LogP contribution in [0.25, 0.3) is 0 Å². The molecule has 0 saturated heterocycles. The summed E-state index contributed by atoms with van der Waals surface area (Å²) in [4.78, 5) is 23.8. The summed E-state index contributed by atoms with van der Waals surface area (Å²) in [5.41, 5.74) is 6.69. The number of anilines is 1. The van der Waals surface area contributed by atoms with Crippen molar-refractivity contribution in [3.63, 3.8) is 0 Å². The zero-order valence-corrected chi connectivity index (χ0v) is 13.1. The van der Waals surface area contributed by atoms with E-state index >= 15 is 0 Å². The second kappa shape index (κ2) is 7.11. The summed E-state index contributed by atoms with van der Waals surface area (Å²) in [7, 11) is 0. The van der Waals surface area contributed by atoms with Crippen molar-refractivity contribution < 1.29 is 14.3 Å². The van der Waals surface area contributed by atoms with E-state index in [4.69, 9.17) is 10.5 Å². The molecular formula is C16H24N2O3. The van der Waals surface area contributed by atoms with Gasteiger partial charge in [0.05, 0.1) is 6.42 Å². The van der Waals surface area contributed by atoms with Crippen LogP contribution in [0.3, 0.4) is 0 Å². The summed E-state index contributed by atoms with van der Waals surface area (Å²) in [5.74, 6) is -0.763. The molecule has 0 aliphatic carbocycles. The van der Waals surface area contributed by atoms with Gasteiger partial charge in [0, 0.05) is 11.2 Å². The van der Waals surface area contributed by atoms with Gasteiger partial charge in [0.25, 0.3) is 5.91 Å². The van der Waals surface area contributed by atoms with E-state index in [9.17, 15) is 9.59 Å². The Morgan fingerprint density at radius 3 is 2.52 bits per heavy atom. The number of ether oxygens (including phenoxy) is 1. The molecule has 0 radical (unpaired) electrons. The van der Waals surface area contributed by atoms with Gasteiger partial charge in [-0.2, -0.15) is 0 Å². The molecule has 1 aromatic carbocycles. The maximum absolute atomic E-state index is 12.0. The minimum atomic E-state index is -0.826. The van der Waals surface area contributed by atoms with Crippen LogP contribution in [0.1, 0.15) is 39.7 Å². The fraction of sp³-hybridized carbons (Fsp3) is 0.500. The average Bonchev–Trinajstić information content (AvgIpc) is 2.40. The fourth-order valence-electron chi connectivity index (χ4n) is 1.67. The van der Waals surface area contributed by atoms with E-state index in [1.165, 1.54) is 0 Å². The first-order chi connectivity index (χ1) is 9.75. The summed E-state index contributed by atoms with van der Waals surface area (Å²) < 4.78 is 5.15. The number of nitrogen functional groups attached to an aromatic ring is 1. The number of carbonyl (C=O) groups excluding carboxylic acids is 2. The molecule has 0 heterocycles. The third kappa shape index (κ3) is 5.45. The highest BCUT2D eigenvalue weighted by Gasteiger charge is 2.24. The van der Waals surface area contributed by atoms with Crippen LogP contribution in [0, 0.1) is 0 Å². The van der Waals surface area contributed by atoms with Crippen LogP contribution in [-0.2, 0) is 20.7 Å².